The zero-order chi connectivity index (χ0) is 17.0. The lowest BCUT2D eigenvalue weighted by Crippen LogP contribution is -2.25. The second-order valence-electron chi connectivity index (χ2n) is 7.21. The van der Waals surface area contributed by atoms with Crippen LogP contribution in [0.25, 0.3) is 0 Å². The summed E-state index contributed by atoms with van der Waals surface area (Å²) in [6.45, 7) is 13.9. The van der Waals surface area contributed by atoms with Crippen LogP contribution in [0.3, 0.4) is 0 Å². The molecule has 4 nitrogen and oxygen atoms in total. The van der Waals surface area contributed by atoms with E-state index >= 15 is 0 Å². The van der Waals surface area contributed by atoms with Crippen LogP contribution in [0.2, 0.25) is 0 Å². The molecule has 0 saturated carbocycles. The Morgan fingerprint density at radius 1 is 1.00 bits per heavy atom. The highest BCUT2D eigenvalue weighted by molar-refractivity contribution is 5.69. The molecular weight excluding hydrogens is 280 g/mol. The lowest BCUT2D eigenvalue weighted by molar-refractivity contribution is -0.144. The minimum absolute atomic E-state index is 0.202. The van der Waals surface area contributed by atoms with Gasteiger partial charge in [0.25, 0.3) is 0 Å². The van der Waals surface area contributed by atoms with Gasteiger partial charge in [0.2, 0.25) is 0 Å². The van der Waals surface area contributed by atoms with Crippen molar-refractivity contribution in [3.05, 3.63) is 23.8 Å². The van der Waals surface area contributed by atoms with E-state index in [1.165, 1.54) is 0 Å². The molecule has 0 bridgehead atoms. The molecule has 4 heteroatoms. The number of carbonyl (C=O) groups is 1. The molecule has 0 aliphatic carbocycles. The van der Waals surface area contributed by atoms with E-state index in [2.05, 4.69) is 0 Å². The quantitative estimate of drug-likeness (QED) is 0.752. The molecular formula is C18H28O4. The van der Waals surface area contributed by atoms with Gasteiger partial charge in [-0.2, -0.15) is 0 Å². The van der Waals surface area contributed by atoms with Crippen LogP contribution in [-0.2, 0) is 16.1 Å². The van der Waals surface area contributed by atoms with Crippen LogP contribution < -0.4 is 9.47 Å². The van der Waals surface area contributed by atoms with Crippen LogP contribution in [0.4, 0.5) is 0 Å². The molecule has 124 valence electrons. The van der Waals surface area contributed by atoms with Crippen molar-refractivity contribution in [2.24, 2.45) is 0 Å². The first-order valence-corrected chi connectivity index (χ1v) is 7.67. The molecule has 0 amide bonds. The van der Waals surface area contributed by atoms with Crippen LogP contribution in [0.1, 0.15) is 60.5 Å². The first kappa shape index (κ1) is 18.3. The van der Waals surface area contributed by atoms with Gasteiger partial charge in [-0.15, -0.1) is 0 Å². The Morgan fingerprint density at radius 3 is 2.09 bits per heavy atom. The Balaban J connectivity index is 3.01. The van der Waals surface area contributed by atoms with Crippen molar-refractivity contribution >= 4 is 5.97 Å². The van der Waals surface area contributed by atoms with Crippen molar-refractivity contribution < 1.29 is 19.0 Å². The van der Waals surface area contributed by atoms with Crippen molar-refractivity contribution in [1.29, 1.82) is 0 Å². The molecule has 0 radical (unpaired) electrons. The van der Waals surface area contributed by atoms with Crippen molar-refractivity contribution in [2.75, 3.05) is 0 Å². The second-order valence-corrected chi connectivity index (χ2v) is 7.21. The van der Waals surface area contributed by atoms with Gasteiger partial charge in [-0.3, -0.25) is 4.79 Å². The maximum absolute atomic E-state index is 11.3. The van der Waals surface area contributed by atoms with Crippen LogP contribution in [0, 0.1) is 0 Å². The van der Waals surface area contributed by atoms with Crippen LogP contribution in [0.15, 0.2) is 18.2 Å². The van der Waals surface area contributed by atoms with E-state index in [0.717, 1.165) is 11.3 Å². The standard InChI is InChI=1S/C18H28O4/c1-8-16(19)20-12-13-9-10-14(21-17(2,3)4)11-15(13)22-18(5,6)7/h9-11H,8,12H2,1-7H3. The van der Waals surface area contributed by atoms with Gasteiger partial charge >= 0.3 is 5.97 Å². The van der Waals surface area contributed by atoms with Crippen molar-refractivity contribution in [3.63, 3.8) is 0 Å². The summed E-state index contributed by atoms with van der Waals surface area (Å²) in [5, 5.41) is 0. The summed E-state index contributed by atoms with van der Waals surface area (Å²) >= 11 is 0. The monoisotopic (exact) mass is 308 g/mol. The van der Waals surface area contributed by atoms with Gasteiger partial charge in [0.05, 0.1) is 0 Å². The van der Waals surface area contributed by atoms with Crippen LogP contribution >= 0.6 is 0 Å². The van der Waals surface area contributed by atoms with Crippen molar-refractivity contribution in [1.82, 2.24) is 0 Å². The lowest BCUT2D eigenvalue weighted by Gasteiger charge is -2.26. The van der Waals surface area contributed by atoms with Crippen molar-refractivity contribution in [2.45, 2.75) is 72.7 Å². The van der Waals surface area contributed by atoms with E-state index in [-0.39, 0.29) is 23.8 Å². The molecule has 0 aliphatic heterocycles. The summed E-state index contributed by atoms with van der Waals surface area (Å²) in [5.41, 5.74) is 0.206. The minimum atomic E-state index is -0.343. The molecule has 0 fully saturated rings. The van der Waals surface area contributed by atoms with E-state index in [1.54, 1.807) is 6.92 Å². The maximum Gasteiger partial charge on any atom is 0.305 e. The zero-order valence-electron chi connectivity index (χ0n) is 14.8. The molecule has 0 N–H and O–H groups in total. The normalized spacial score (nSPS) is 12.0. The Kier molecular flexibility index (Phi) is 5.86. The minimum Gasteiger partial charge on any atom is -0.488 e. The molecule has 0 unspecified atom stereocenters. The van der Waals surface area contributed by atoms with E-state index in [4.69, 9.17) is 14.2 Å². The predicted octanol–water partition coefficient (Wildman–Crippen LogP) is 4.49. The molecule has 0 heterocycles. The number of esters is 1. The summed E-state index contributed by atoms with van der Waals surface area (Å²) in [5.74, 6) is 1.19. The van der Waals surface area contributed by atoms with E-state index in [1.807, 2.05) is 59.7 Å². The highest BCUT2D eigenvalue weighted by Gasteiger charge is 2.18. The summed E-state index contributed by atoms with van der Waals surface area (Å²) in [4.78, 5) is 11.3. The highest BCUT2D eigenvalue weighted by atomic mass is 16.5. The summed E-state index contributed by atoms with van der Waals surface area (Å²) < 4.78 is 17.1. The van der Waals surface area contributed by atoms with Gasteiger partial charge in [0.1, 0.15) is 29.3 Å². The number of rotatable bonds is 5. The smallest absolute Gasteiger partial charge is 0.305 e. The van der Waals surface area contributed by atoms with Crippen molar-refractivity contribution in [3.8, 4) is 11.5 Å². The van der Waals surface area contributed by atoms with E-state index < -0.39 is 0 Å². The largest absolute Gasteiger partial charge is 0.488 e. The maximum atomic E-state index is 11.3. The average Bonchev–Trinajstić information content (AvgIpc) is 2.33. The van der Waals surface area contributed by atoms with Gasteiger partial charge in [0, 0.05) is 18.1 Å². The molecule has 1 aromatic carbocycles. The Bertz CT molecular complexity index is 507. The first-order valence-electron chi connectivity index (χ1n) is 7.67. The molecule has 0 atom stereocenters. The predicted molar refractivity (Wildman–Crippen MR) is 87.3 cm³/mol. The van der Waals surface area contributed by atoms with Crippen LogP contribution in [0.5, 0.6) is 11.5 Å². The molecule has 1 aromatic rings. The third-order valence-corrected chi connectivity index (χ3v) is 2.56. The summed E-state index contributed by atoms with van der Waals surface area (Å²) in [6, 6.07) is 5.60. The summed E-state index contributed by atoms with van der Waals surface area (Å²) in [7, 11) is 0. The fraction of sp³-hybridized carbons (Fsp3) is 0.611. The number of hydrogen-bond donors (Lipinski definition) is 0. The van der Waals surface area contributed by atoms with Gasteiger partial charge in [-0.25, -0.2) is 0 Å². The van der Waals surface area contributed by atoms with Gasteiger partial charge < -0.3 is 14.2 Å². The zero-order valence-corrected chi connectivity index (χ0v) is 14.8. The summed E-state index contributed by atoms with van der Waals surface area (Å²) in [6.07, 6.45) is 0.362. The molecule has 0 spiro atoms. The fourth-order valence-electron chi connectivity index (χ4n) is 1.76. The number of hydrogen-bond acceptors (Lipinski definition) is 4. The number of ether oxygens (including phenoxy) is 3. The van der Waals surface area contributed by atoms with Gasteiger partial charge in [0.15, 0.2) is 0 Å². The van der Waals surface area contributed by atoms with E-state index in [0.29, 0.717) is 12.2 Å². The molecule has 22 heavy (non-hydrogen) atoms. The average molecular weight is 308 g/mol. The number of benzene rings is 1. The highest BCUT2D eigenvalue weighted by Crippen LogP contribution is 2.30. The first-order chi connectivity index (χ1) is 10.00. The lowest BCUT2D eigenvalue weighted by atomic mass is 10.1. The van der Waals surface area contributed by atoms with Gasteiger partial charge in [-0.05, 0) is 53.7 Å². The van der Waals surface area contributed by atoms with E-state index in [9.17, 15) is 4.79 Å². The molecule has 0 aliphatic rings. The van der Waals surface area contributed by atoms with Gasteiger partial charge in [-0.1, -0.05) is 6.92 Å². The fourth-order valence-corrected chi connectivity index (χ4v) is 1.76. The Hall–Kier alpha value is -1.71. The molecule has 0 saturated heterocycles. The molecule has 1 rings (SSSR count). The SMILES string of the molecule is CCC(=O)OCc1ccc(OC(C)(C)C)cc1OC(C)(C)C. The van der Waals surface area contributed by atoms with Crippen LogP contribution in [-0.4, -0.2) is 17.2 Å². The topological polar surface area (TPSA) is 44.8 Å². The third-order valence-electron chi connectivity index (χ3n) is 2.56. The second kappa shape index (κ2) is 7.03. The number of carbonyl (C=O) groups excluding carboxylic acids is 1. The Labute approximate surface area is 133 Å². The third kappa shape index (κ3) is 6.83. The Morgan fingerprint density at radius 2 is 1.59 bits per heavy atom. The molecule has 0 aromatic heterocycles.